The molecule has 0 spiro atoms. The van der Waals surface area contributed by atoms with Gasteiger partial charge in [-0.1, -0.05) is 12.1 Å². The van der Waals surface area contributed by atoms with Crippen molar-refractivity contribution in [3.63, 3.8) is 0 Å². The molecular formula is C33H30N4O8. The fraction of sp³-hybridized carbons (Fsp3) is 0.333. The Bertz CT molecular complexity index is 1770. The number of hydrazone groups is 1. The van der Waals surface area contributed by atoms with Gasteiger partial charge < -0.3 is 28.6 Å². The highest BCUT2D eigenvalue weighted by molar-refractivity contribution is 6.09. The molecule has 12 nitrogen and oxygen atoms in total. The predicted molar refractivity (Wildman–Crippen MR) is 163 cm³/mol. The second-order valence-electron chi connectivity index (χ2n) is 11.5. The summed E-state index contributed by atoms with van der Waals surface area (Å²) in [7, 11) is 0. The van der Waals surface area contributed by atoms with Gasteiger partial charge >= 0.3 is 0 Å². The van der Waals surface area contributed by atoms with Crippen molar-refractivity contribution in [1.29, 1.82) is 0 Å². The van der Waals surface area contributed by atoms with E-state index in [1.165, 1.54) is 11.1 Å². The van der Waals surface area contributed by atoms with Gasteiger partial charge in [-0.25, -0.2) is 5.01 Å². The van der Waals surface area contributed by atoms with Crippen molar-refractivity contribution in [2.24, 2.45) is 11.0 Å². The SMILES string of the molecule is O=C(c1ccc(N2CCOCC2)c([N+](=O)[O-])c1)N1N=C2C(=Cc3ccc4c(c3)OCO4)CCCC2C1c1ccc2c(c1)OCO2. The third kappa shape index (κ3) is 4.91. The van der Waals surface area contributed by atoms with Crippen molar-refractivity contribution < 1.29 is 33.4 Å². The minimum atomic E-state index is -0.432. The number of carbonyl (C=O) groups excluding carboxylic acids is 1. The van der Waals surface area contributed by atoms with E-state index in [9.17, 15) is 14.9 Å². The van der Waals surface area contributed by atoms with Gasteiger partial charge in [0.1, 0.15) is 5.69 Å². The Kier molecular flexibility index (Phi) is 6.78. The lowest BCUT2D eigenvalue weighted by Gasteiger charge is -2.30. The Hall–Kier alpha value is -5.10. The van der Waals surface area contributed by atoms with Gasteiger partial charge in [-0.2, -0.15) is 5.10 Å². The molecule has 0 bridgehead atoms. The number of morpholine rings is 1. The van der Waals surface area contributed by atoms with Gasteiger partial charge in [0.2, 0.25) is 13.6 Å². The van der Waals surface area contributed by atoms with Crippen LogP contribution in [0.1, 0.15) is 46.8 Å². The molecule has 1 amide bonds. The number of nitro benzene ring substituents is 1. The first-order chi connectivity index (χ1) is 22.0. The topological polar surface area (TPSA) is 125 Å². The second kappa shape index (κ2) is 11.1. The van der Waals surface area contributed by atoms with Crippen LogP contribution in [0.3, 0.4) is 0 Å². The van der Waals surface area contributed by atoms with Crippen molar-refractivity contribution in [2.75, 3.05) is 44.8 Å². The molecule has 45 heavy (non-hydrogen) atoms. The van der Waals surface area contributed by atoms with Crippen molar-refractivity contribution in [2.45, 2.75) is 25.3 Å². The molecule has 3 aromatic carbocycles. The van der Waals surface area contributed by atoms with Crippen molar-refractivity contribution in [3.8, 4) is 23.0 Å². The number of allylic oxidation sites excluding steroid dienone is 1. The highest BCUT2D eigenvalue weighted by atomic mass is 16.7. The van der Waals surface area contributed by atoms with E-state index in [-0.39, 0.29) is 30.8 Å². The summed E-state index contributed by atoms with van der Waals surface area (Å²) >= 11 is 0. The molecule has 2 unspecified atom stereocenters. The quantitative estimate of drug-likeness (QED) is 0.279. The van der Waals surface area contributed by atoms with E-state index >= 15 is 0 Å². The Balaban J connectivity index is 1.19. The molecule has 230 valence electrons. The van der Waals surface area contributed by atoms with Crippen LogP contribution >= 0.6 is 0 Å². The molecule has 1 saturated heterocycles. The van der Waals surface area contributed by atoms with E-state index < -0.39 is 16.9 Å². The summed E-state index contributed by atoms with van der Waals surface area (Å²) in [5, 5.41) is 18.7. The van der Waals surface area contributed by atoms with E-state index in [0.29, 0.717) is 55.0 Å². The fourth-order valence-corrected chi connectivity index (χ4v) is 6.81. The Morgan fingerprint density at radius 3 is 2.42 bits per heavy atom. The number of rotatable bonds is 5. The maximum absolute atomic E-state index is 14.3. The molecule has 2 atom stereocenters. The predicted octanol–water partition coefficient (Wildman–Crippen LogP) is 5.33. The van der Waals surface area contributed by atoms with Gasteiger partial charge in [0.15, 0.2) is 23.0 Å². The number of carbonyl (C=O) groups is 1. The zero-order chi connectivity index (χ0) is 30.5. The molecule has 4 aliphatic heterocycles. The summed E-state index contributed by atoms with van der Waals surface area (Å²) in [5.41, 5.74) is 4.26. The van der Waals surface area contributed by atoms with Gasteiger partial charge in [-0.3, -0.25) is 14.9 Å². The zero-order valence-corrected chi connectivity index (χ0v) is 24.3. The summed E-state index contributed by atoms with van der Waals surface area (Å²) in [6, 6.07) is 15.8. The van der Waals surface area contributed by atoms with E-state index in [1.807, 2.05) is 41.3 Å². The average Bonchev–Trinajstić information content (AvgIpc) is 3.83. The van der Waals surface area contributed by atoms with Gasteiger partial charge in [-0.05, 0) is 78.4 Å². The van der Waals surface area contributed by atoms with Crippen LogP contribution in [0.25, 0.3) is 6.08 Å². The number of amides is 1. The van der Waals surface area contributed by atoms with Gasteiger partial charge in [0, 0.05) is 30.6 Å². The summed E-state index contributed by atoms with van der Waals surface area (Å²) in [6.45, 7) is 2.40. The van der Waals surface area contributed by atoms with Crippen molar-refractivity contribution >= 4 is 29.1 Å². The molecule has 0 aromatic heterocycles. The smallest absolute Gasteiger partial charge is 0.293 e. The Labute approximate surface area is 258 Å². The number of benzene rings is 3. The first-order valence-electron chi connectivity index (χ1n) is 15.1. The number of anilines is 1. The third-order valence-corrected chi connectivity index (χ3v) is 8.96. The Morgan fingerprint density at radius 2 is 1.64 bits per heavy atom. The van der Waals surface area contributed by atoms with E-state index in [4.69, 9.17) is 28.8 Å². The zero-order valence-electron chi connectivity index (χ0n) is 24.3. The van der Waals surface area contributed by atoms with Crippen LogP contribution in [0, 0.1) is 16.0 Å². The van der Waals surface area contributed by atoms with Crippen LogP contribution in [0.5, 0.6) is 23.0 Å². The molecule has 1 saturated carbocycles. The van der Waals surface area contributed by atoms with E-state index in [1.54, 1.807) is 12.1 Å². The first kappa shape index (κ1) is 27.4. The van der Waals surface area contributed by atoms with Crippen LogP contribution < -0.4 is 23.8 Å². The summed E-state index contributed by atoms with van der Waals surface area (Å²) in [6.07, 6.45) is 4.65. The van der Waals surface area contributed by atoms with Crippen molar-refractivity contribution in [3.05, 3.63) is 87.0 Å². The van der Waals surface area contributed by atoms with Crippen LogP contribution in [0.2, 0.25) is 0 Å². The summed E-state index contributed by atoms with van der Waals surface area (Å²) < 4.78 is 27.7. The van der Waals surface area contributed by atoms with Crippen LogP contribution in [-0.2, 0) is 4.74 Å². The average molecular weight is 611 g/mol. The monoisotopic (exact) mass is 610 g/mol. The number of hydrogen-bond acceptors (Lipinski definition) is 10. The normalized spacial score (nSPS) is 22.4. The van der Waals surface area contributed by atoms with E-state index in [2.05, 4.69) is 6.08 Å². The third-order valence-electron chi connectivity index (χ3n) is 8.96. The van der Waals surface area contributed by atoms with Crippen LogP contribution in [0.15, 0.2) is 65.3 Å². The van der Waals surface area contributed by atoms with Crippen LogP contribution in [-0.4, -0.2) is 61.4 Å². The standard InChI is InChI=1S/C33H30N4O8/c38-33(23-5-7-25(26(16-23)37(39)40)35-10-12-41-13-11-35)36-32(22-6-9-28-30(17-22)45-19-43-28)24-3-1-2-21(31(24)34-36)14-20-4-8-27-29(15-20)44-18-42-27/h4-9,14-17,24,32H,1-3,10-13,18-19H2. The lowest BCUT2D eigenvalue weighted by Crippen LogP contribution is -2.36. The molecule has 1 aliphatic carbocycles. The highest BCUT2D eigenvalue weighted by Crippen LogP contribution is 2.47. The number of hydrogen-bond donors (Lipinski definition) is 0. The first-order valence-corrected chi connectivity index (χ1v) is 15.1. The molecule has 12 heteroatoms. The van der Waals surface area contributed by atoms with E-state index in [0.717, 1.165) is 41.7 Å². The molecule has 3 aromatic rings. The van der Waals surface area contributed by atoms with Crippen molar-refractivity contribution in [1.82, 2.24) is 5.01 Å². The van der Waals surface area contributed by atoms with Gasteiger partial charge in [-0.15, -0.1) is 0 Å². The Morgan fingerprint density at radius 1 is 0.911 bits per heavy atom. The molecule has 8 rings (SSSR count). The maximum Gasteiger partial charge on any atom is 0.293 e. The molecular weight excluding hydrogens is 580 g/mol. The lowest BCUT2D eigenvalue weighted by atomic mass is 9.77. The minimum absolute atomic E-state index is 0.0778. The number of nitrogens with zero attached hydrogens (tertiary/aromatic N) is 4. The molecule has 0 radical (unpaired) electrons. The van der Waals surface area contributed by atoms with Gasteiger partial charge in [0.25, 0.3) is 11.6 Å². The largest absolute Gasteiger partial charge is 0.454 e. The second-order valence-corrected chi connectivity index (χ2v) is 11.5. The number of fused-ring (bicyclic) bond motifs is 3. The fourth-order valence-electron chi connectivity index (χ4n) is 6.81. The summed E-state index contributed by atoms with van der Waals surface area (Å²) in [5.74, 6) is 2.19. The maximum atomic E-state index is 14.3. The molecule has 2 fully saturated rings. The van der Waals surface area contributed by atoms with Gasteiger partial charge in [0.05, 0.1) is 29.9 Å². The lowest BCUT2D eigenvalue weighted by molar-refractivity contribution is -0.384. The number of ether oxygens (including phenoxy) is 5. The molecule has 0 N–H and O–H groups in total. The number of nitro groups is 1. The summed E-state index contributed by atoms with van der Waals surface area (Å²) in [4.78, 5) is 28.0. The molecule has 5 aliphatic rings. The minimum Gasteiger partial charge on any atom is -0.454 e. The highest BCUT2D eigenvalue weighted by Gasteiger charge is 2.44. The van der Waals surface area contributed by atoms with Crippen LogP contribution in [0.4, 0.5) is 11.4 Å². The molecule has 4 heterocycles.